The van der Waals surface area contributed by atoms with Gasteiger partial charge in [0.15, 0.2) is 17.3 Å². The molecule has 2 rings (SSSR count). The summed E-state index contributed by atoms with van der Waals surface area (Å²) in [6, 6.07) is 1.78. The SMILES string of the molecule is Cc1cnc(-c2occc2C)nc1C(=O)O. The van der Waals surface area contributed by atoms with Gasteiger partial charge >= 0.3 is 5.97 Å². The molecule has 0 radical (unpaired) electrons. The third kappa shape index (κ3) is 1.67. The van der Waals surface area contributed by atoms with Crippen LogP contribution in [0.4, 0.5) is 0 Å². The molecule has 0 spiro atoms. The Bertz CT molecular complexity index is 546. The Morgan fingerprint density at radius 3 is 2.69 bits per heavy atom. The van der Waals surface area contributed by atoms with Gasteiger partial charge in [-0.05, 0) is 25.5 Å². The van der Waals surface area contributed by atoms with E-state index in [1.807, 2.05) is 6.92 Å². The molecule has 1 N–H and O–H groups in total. The summed E-state index contributed by atoms with van der Waals surface area (Å²) in [5.74, 6) is -0.265. The van der Waals surface area contributed by atoms with E-state index in [1.165, 1.54) is 12.5 Å². The van der Waals surface area contributed by atoms with E-state index in [-0.39, 0.29) is 5.69 Å². The van der Waals surface area contributed by atoms with Crippen molar-refractivity contribution in [3.8, 4) is 11.6 Å². The molecule has 0 saturated heterocycles. The minimum absolute atomic E-state index is 0.000741. The van der Waals surface area contributed by atoms with Crippen LogP contribution in [0.3, 0.4) is 0 Å². The summed E-state index contributed by atoms with van der Waals surface area (Å²) in [4.78, 5) is 18.9. The zero-order valence-corrected chi connectivity index (χ0v) is 8.89. The van der Waals surface area contributed by atoms with Crippen molar-refractivity contribution < 1.29 is 14.3 Å². The summed E-state index contributed by atoms with van der Waals surface area (Å²) < 4.78 is 5.21. The molecule has 0 aliphatic carbocycles. The van der Waals surface area contributed by atoms with Gasteiger partial charge in [-0.25, -0.2) is 14.8 Å². The number of aromatic nitrogens is 2. The van der Waals surface area contributed by atoms with E-state index in [9.17, 15) is 4.79 Å². The zero-order chi connectivity index (χ0) is 11.7. The van der Waals surface area contributed by atoms with Crippen LogP contribution in [0, 0.1) is 13.8 Å². The number of nitrogens with zero attached hydrogens (tertiary/aromatic N) is 2. The minimum Gasteiger partial charge on any atom is -0.477 e. The molecule has 0 aromatic carbocycles. The van der Waals surface area contributed by atoms with Crippen molar-refractivity contribution in [1.29, 1.82) is 0 Å². The van der Waals surface area contributed by atoms with Crippen molar-refractivity contribution in [3.05, 3.63) is 35.3 Å². The number of rotatable bonds is 2. The summed E-state index contributed by atoms with van der Waals surface area (Å²) >= 11 is 0. The van der Waals surface area contributed by atoms with E-state index in [4.69, 9.17) is 9.52 Å². The van der Waals surface area contributed by atoms with E-state index in [0.717, 1.165) is 5.56 Å². The van der Waals surface area contributed by atoms with Crippen LogP contribution in [0.25, 0.3) is 11.6 Å². The number of carboxylic acids is 1. The predicted octanol–water partition coefficient (Wildman–Crippen LogP) is 2.05. The van der Waals surface area contributed by atoms with Crippen LogP contribution in [0.15, 0.2) is 22.9 Å². The van der Waals surface area contributed by atoms with Gasteiger partial charge in [-0.15, -0.1) is 0 Å². The molecule has 0 amide bonds. The van der Waals surface area contributed by atoms with Crippen molar-refractivity contribution in [3.63, 3.8) is 0 Å². The molecule has 0 unspecified atom stereocenters. The summed E-state index contributed by atoms with van der Waals surface area (Å²) in [5, 5.41) is 8.94. The van der Waals surface area contributed by atoms with Gasteiger partial charge in [-0.2, -0.15) is 0 Å². The summed E-state index contributed by atoms with van der Waals surface area (Å²) in [6.45, 7) is 3.50. The molecule has 0 aliphatic rings. The maximum atomic E-state index is 10.9. The highest BCUT2D eigenvalue weighted by molar-refractivity contribution is 5.87. The van der Waals surface area contributed by atoms with Crippen LogP contribution in [0.1, 0.15) is 21.6 Å². The lowest BCUT2D eigenvalue weighted by Gasteiger charge is -2.02. The highest BCUT2D eigenvalue weighted by atomic mass is 16.4. The Labute approximate surface area is 91.8 Å². The van der Waals surface area contributed by atoms with Crippen LogP contribution in [-0.4, -0.2) is 21.0 Å². The molecule has 0 saturated carbocycles. The maximum Gasteiger partial charge on any atom is 0.354 e. The van der Waals surface area contributed by atoms with Gasteiger partial charge in [0.1, 0.15) is 0 Å². The molecule has 5 heteroatoms. The second-order valence-corrected chi connectivity index (χ2v) is 3.46. The monoisotopic (exact) mass is 218 g/mol. The third-order valence-electron chi connectivity index (χ3n) is 2.24. The molecule has 2 aromatic heterocycles. The fourth-order valence-corrected chi connectivity index (χ4v) is 1.37. The zero-order valence-electron chi connectivity index (χ0n) is 8.89. The first-order valence-corrected chi connectivity index (χ1v) is 4.71. The molecular formula is C11H10N2O3. The van der Waals surface area contributed by atoms with Gasteiger partial charge < -0.3 is 9.52 Å². The molecule has 2 heterocycles. The smallest absolute Gasteiger partial charge is 0.354 e. The second kappa shape index (κ2) is 3.77. The van der Waals surface area contributed by atoms with Crippen molar-refractivity contribution in [1.82, 2.24) is 9.97 Å². The Balaban J connectivity index is 2.56. The Kier molecular flexibility index (Phi) is 2.44. The van der Waals surface area contributed by atoms with Gasteiger partial charge in [0.2, 0.25) is 0 Å². The maximum absolute atomic E-state index is 10.9. The number of furan rings is 1. The van der Waals surface area contributed by atoms with Gasteiger partial charge in [0.25, 0.3) is 0 Å². The van der Waals surface area contributed by atoms with Gasteiger partial charge in [0.05, 0.1) is 6.26 Å². The Morgan fingerprint density at radius 2 is 2.12 bits per heavy atom. The molecule has 0 fully saturated rings. The summed E-state index contributed by atoms with van der Waals surface area (Å²) in [6.07, 6.45) is 3.00. The Hall–Kier alpha value is -2.17. The minimum atomic E-state index is -1.06. The number of aromatic carboxylic acids is 1. The lowest BCUT2D eigenvalue weighted by atomic mass is 10.2. The first kappa shape index (κ1) is 10.4. The number of hydrogen-bond acceptors (Lipinski definition) is 4. The highest BCUT2D eigenvalue weighted by Crippen LogP contribution is 2.21. The fourth-order valence-electron chi connectivity index (χ4n) is 1.37. The van der Waals surface area contributed by atoms with Crippen LogP contribution < -0.4 is 0 Å². The summed E-state index contributed by atoms with van der Waals surface area (Å²) in [5.41, 5.74) is 1.40. The van der Waals surface area contributed by atoms with Crippen molar-refractivity contribution >= 4 is 5.97 Å². The molecule has 2 aromatic rings. The normalized spacial score (nSPS) is 10.4. The lowest BCUT2D eigenvalue weighted by Crippen LogP contribution is -2.05. The number of carbonyl (C=O) groups is 1. The average molecular weight is 218 g/mol. The molecule has 5 nitrogen and oxygen atoms in total. The number of aryl methyl sites for hydroxylation is 2. The quantitative estimate of drug-likeness (QED) is 0.834. The van der Waals surface area contributed by atoms with E-state index in [0.29, 0.717) is 17.1 Å². The van der Waals surface area contributed by atoms with Crippen LogP contribution in [0.5, 0.6) is 0 Å². The van der Waals surface area contributed by atoms with Crippen molar-refractivity contribution in [2.45, 2.75) is 13.8 Å². The lowest BCUT2D eigenvalue weighted by molar-refractivity contribution is 0.0689. The van der Waals surface area contributed by atoms with Crippen LogP contribution in [-0.2, 0) is 0 Å². The first-order chi connectivity index (χ1) is 7.59. The highest BCUT2D eigenvalue weighted by Gasteiger charge is 2.14. The predicted molar refractivity (Wildman–Crippen MR) is 56.2 cm³/mol. The molecule has 0 aliphatic heterocycles. The van der Waals surface area contributed by atoms with E-state index in [1.54, 1.807) is 13.0 Å². The molecule has 16 heavy (non-hydrogen) atoms. The topological polar surface area (TPSA) is 76.2 Å². The van der Waals surface area contributed by atoms with Gasteiger partial charge in [-0.3, -0.25) is 0 Å². The first-order valence-electron chi connectivity index (χ1n) is 4.71. The molecule has 0 bridgehead atoms. The standard InChI is InChI=1S/C11H10N2O3/c1-6-3-4-16-9(6)10-12-5-7(2)8(13-10)11(14)15/h3-5H,1-2H3,(H,14,15). The molecular weight excluding hydrogens is 208 g/mol. The van der Waals surface area contributed by atoms with Crippen LogP contribution >= 0.6 is 0 Å². The fraction of sp³-hybridized carbons (Fsp3) is 0.182. The third-order valence-corrected chi connectivity index (χ3v) is 2.24. The summed E-state index contributed by atoms with van der Waals surface area (Å²) in [7, 11) is 0. The second-order valence-electron chi connectivity index (χ2n) is 3.46. The van der Waals surface area contributed by atoms with Crippen molar-refractivity contribution in [2.24, 2.45) is 0 Å². The molecule has 82 valence electrons. The molecule has 0 atom stereocenters. The average Bonchev–Trinajstić information content (AvgIpc) is 2.65. The number of hydrogen-bond donors (Lipinski definition) is 1. The van der Waals surface area contributed by atoms with E-state index in [2.05, 4.69) is 9.97 Å². The van der Waals surface area contributed by atoms with E-state index >= 15 is 0 Å². The van der Waals surface area contributed by atoms with Crippen molar-refractivity contribution in [2.75, 3.05) is 0 Å². The van der Waals surface area contributed by atoms with Crippen LogP contribution in [0.2, 0.25) is 0 Å². The number of carboxylic acid groups (broad SMARTS) is 1. The largest absolute Gasteiger partial charge is 0.477 e. The van der Waals surface area contributed by atoms with Gasteiger partial charge in [-0.1, -0.05) is 0 Å². The van der Waals surface area contributed by atoms with E-state index < -0.39 is 5.97 Å². The Morgan fingerprint density at radius 1 is 1.38 bits per heavy atom. The van der Waals surface area contributed by atoms with Gasteiger partial charge in [0, 0.05) is 11.8 Å².